The normalized spacial score (nSPS) is 11.9. The van der Waals surface area contributed by atoms with Crippen LogP contribution in [-0.2, 0) is 17.8 Å². The van der Waals surface area contributed by atoms with Crippen LogP contribution < -0.4 is 4.74 Å². The van der Waals surface area contributed by atoms with Gasteiger partial charge >= 0.3 is 5.97 Å². The van der Waals surface area contributed by atoms with Crippen molar-refractivity contribution < 1.29 is 9.53 Å². The Balaban J connectivity index is 1.95. The summed E-state index contributed by atoms with van der Waals surface area (Å²) in [5.74, 6) is 1.95. The van der Waals surface area contributed by atoms with Gasteiger partial charge in [0.05, 0.1) is 11.0 Å². The number of fused-ring (bicyclic) bond motifs is 5. The SMILES string of the molecule is CCCCC(=O)Oc1cn(CCC(C)C)c2nc(CCCC)n3c4ccccc4nc3c12. The summed E-state index contributed by atoms with van der Waals surface area (Å²) in [6.07, 6.45) is 8.23. The van der Waals surface area contributed by atoms with Crippen LogP contribution in [0.1, 0.15) is 72.0 Å². The molecule has 6 heteroatoms. The minimum absolute atomic E-state index is 0.195. The van der Waals surface area contributed by atoms with Gasteiger partial charge in [0.15, 0.2) is 11.4 Å². The number of nitrogens with zero attached hydrogens (tertiary/aromatic N) is 4. The topological polar surface area (TPSA) is 61.4 Å². The van der Waals surface area contributed by atoms with E-state index in [0.29, 0.717) is 18.1 Å². The molecule has 6 nitrogen and oxygen atoms in total. The van der Waals surface area contributed by atoms with Crippen molar-refractivity contribution in [3.8, 4) is 5.75 Å². The summed E-state index contributed by atoms with van der Waals surface area (Å²) < 4.78 is 10.2. The second kappa shape index (κ2) is 9.72. The van der Waals surface area contributed by atoms with Crippen molar-refractivity contribution in [3.05, 3.63) is 36.3 Å². The molecule has 0 radical (unpaired) electrons. The first-order valence-corrected chi connectivity index (χ1v) is 12.0. The van der Waals surface area contributed by atoms with Gasteiger partial charge in [-0.3, -0.25) is 9.20 Å². The zero-order valence-corrected chi connectivity index (χ0v) is 19.7. The molecule has 0 spiro atoms. The van der Waals surface area contributed by atoms with Gasteiger partial charge in [-0.15, -0.1) is 0 Å². The molecule has 0 unspecified atom stereocenters. The molecule has 4 aromatic rings. The largest absolute Gasteiger partial charge is 0.424 e. The second-order valence-electron chi connectivity index (χ2n) is 9.04. The average molecular weight is 435 g/mol. The third kappa shape index (κ3) is 4.36. The van der Waals surface area contributed by atoms with Gasteiger partial charge in [-0.05, 0) is 37.3 Å². The van der Waals surface area contributed by atoms with E-state index in [-0.39, 0.29) is 5.97 Å². The summed E-state index contributed by atoms with van der Waals surface area (Å²) >= 11 is 0. The highest BCUT2D eigenvalue weighted by atomic mass is 16.5. The van der Waals surface area contributed by atoms with Crippen LogP contribution in [-0.4, -0.2) is 24.9 Å². The van der Waals surface area contributed by atoms with Gasteiger partial charge in [-0.1, -0.05) is 52.7 Å². The van der Waals surface area contributed by atoms with E-state index in [1.54, 1.807) is 0 Å². The van der Waals surface area contributed by atoms with Crippen molar-refractivity contribution in [2.45, 2.75) is 79.2 Å². The Morgan fingerprint density at radius 2 is 1.84 bits per heavy atom. The number of esters is 1. The third-order valence-electron chi connectivity index (χ3n) is 5.95. The van der Waals surface area contributed by atoms with Crippen molar-refractivity contribution in [1.29, 1.82) is 0 Å². The van der Waals surface area contributed by atoms with Crippen LogP contribution in [0.2, 0.25) is 0 Å². The van der Waals surface area contributed by atoms with Crippen LogP contribution in [0.25, 0.3) is 27.7 Å². The number of hydrogen-bond acceptors (Lipinski definition) is 4. The maximum Gasteiger partial charge on any atom is 0.311 e. The Hall–Kier alpha value is -2.89. The molecule has 3 aromatic heterocycles. The molecular formula is C26H34N4O2. The molecule has 0 fully saturated rings. The first-order valence-electron chi connectivity index (χ1n) is 12.0. The van der Waals surface area contributed by atoms with E-state index in [2.05, 4.69) is 42.7 Å². The number of aryl methyl sites for hydroxylation is 2. The quantitative estimate of drug-likeness (QED) is 0.274. The fourth-order valence-corrected chi connectivity index (χ4v) is 4.12. The van der Waals surface area contributed by atoms with Gasteiger partial charge in [0.25, 0.3) is 0 Å². The van der Waals surface area contributed by atoms with Gasteiger partial charge in [0, 0.05) is 25.6 Å². The molecule has 0 aliphatic carbocycles. The fourth-order valence-electron chi connectivity index (χ4n) is 4.12. The molecule has 0 amide bonds. The maximum absolute atomic E-state index is 12.5. The zero-order valence-electron chi connectivity index (χ0n) is 19.7. The smallest absolute Gasteiger partial charge is 0.311 e. The molecule has 0 aliphatic rings. The van der Waals surface area contributed by atoms with Gasteiger partial charge in [0.1, 0.15) is 16.9 Å². The highest BCUT2D eigenvalue weighted by Crippen LogP contribution is 2.34. The summed E-state index contributed by atoms with van der Waals surface area (Å²) in [5, 5.41) is 0.829. The second-order valence-corrected chi connectivity index (χ2v) is 9.04. The summed E-state index contributed by atoms with van der Waals surface area (Å²) in [6, 6.07) is 8.15. The van der Waals surface area contributed by atoms with Crippen molar-refractivity contribution in [2.24, 2.45) is 5.92 Å². The minimum Gasteiger partial charge on any atom is -0.424 e. The monoisotopic (exact) mass is 434 g/mol. The van der Waals surface area contributed by atoms with Gasteiger partial charge in [-0.2, -0.15) is 0 Å². The molecule has 4 rings (SSSR count). The van der Waals surface area contributed by atoms with Crippen LogP contribution >= 0.6 is 0 Å². The van der Waals surface area contributed by atoms with Gasteiger partial charge in [0.2, 0.25) is 0 Å². The van der Waals surface area contributed by atoms with Crippen LogP contribution in [0.4, 0.5) is 0 Å². The van der Waals surface area contributed by atoms with E-state index in [1.165, 1.54) is 0 Å². The summed E-state index contributed by atoms with van der Waals surface area (Å²) in [6.45, 7) is 9.54. The number of carbonyl (C=O) groups is 1. The number of para-hydroxylation sites is 2. The molecule has 0 saturated heterocycles. The van der Waals surface area contributed by atoms with E-state index in [4.69, 9.17) is 14.7 Å². The molecule has 32 heavy (non-hydrogen) atoms. The number of benzene rings is 1. The van der Waals surface area contributed by atoms with Crippen LogP contribution in [0, 0.1) is 5.92 Å². The Kier molecular flexibility index (Phi) is 6.77. The van der Waals surface area contributed by atoms with Crippen LogP contribution in [0.5, 0.6) is 5.75 Å². The van der Waals surface area contributed by atoms with E-state index in [9.17, 15) is 4.79 Å². The number of hydrogen-bond donors (Lipinski definition) is 0. The summed E-state index contributed by atoms with van der Waals surface area (Å²) in [5.41, 5.74) is 3.65. The van der Waals surface area contributed by atoms with Crippen molar-refractivity contribution in [2.75, 3.05) is 0 Å². The number of rotatable bonds is 10. The van der Waals surface area contributed by atoms with Crippen LogP contribution in [0.15, 0.2) is 30.5 Å². The summed E-state index contributed by atoms with van der Waals surface area (Å²) in [7, 11) is 0. The first-order chi connectivity index (χ1) is 15.5. The predicted octanol–water partition coefficient (Wildman–Crippen LogP) is 6.32. The summed E-state index contributed by atoms with van der Waals surface area (Å²) in [4.78, 5) is 22.6. The lowest BCUT2D eigenvalue weighted by Gasteiger charge is -2.10. The highest BCUT2D eigenvalue weighted by Gasteiger charge is 2.22. The third-order valence-corrected chi connectivity index (χ3v) is 5.95. The Labute approximate surface area is 189 Å². The molecule has 1 aromatic carbocycles. The van der Waals surface area contributed by atoms with Crippen molar-refractivity contribution in [1.82, 2.24) is 18.9 Å². The van der Waals surface area contributed by atoms with E-state index in [0.717, 1.165) is 78.6 Å². The van der Waals surface area contributed by atoms with Gasteiger partial charge < -0.3 is 9.30 Å². The predicted molar refractivity (Wildman–Crippen MR) is 129 cm³/mol. The number of ether oxygens (including phenoxy) is 1. The Morgan fingerprint density at radius 3 is 2.59 bits per heavy atom. The van der Waals surface area contributed by atoms with E-state index < -0.39 is 0 Å². The number of carbonyl (C=O) groups excluding carboxylic acids is 1. The van der Waals surface area contributed by atoms with Crippen LogP contribution in [0.3, 0.4) is 0 Å². The standard InChI is InChI=1S/C26H34N4O2/c1-5-7-13-22-28-25-24(26-27-19-11-9-10-12-20(19)30(22)26)21(32-23(31)14-8-6-2)17-29(25)16-15-18(3)4/h9-12,17-18H,5-8,13-16H2,1-4H3. The lowest BCUT2D eigenvalue weighted by atomic mass is 10.1. The average Bonchev–Trinajstić information content (AvgIpc) is 3.32. The molecule has 170 valence electrons. The molecular weight excluding hydrogens is 400 g/mol. The number of unbranched alkanes of at least 4 members (excludes halogenated alkanes) is 2. The zero-order chi connectivity index (χ0) is 22.7. The lowest BCUT2D eigenvalue weighted by molar-refractivity contribution is -0.134. The molecule has 0 aliphatic heterocycles. The molecule has 0 N–H and O–H groups in total. The number of imidazole rings is 1. The van der Waals surface area contributed by atoms with E-state index >= 15 is 0 Å². The fraction of sp³-hybridized carbons (Fsp3) is 0.500. The van der Waals surface area contributed by atoms with Gasteiger partial charge in [-0.25, -0.2) is 9.97 Å². The van der Waals surface area contributed by atoms with Crippen molar-refractivity contribution >= 4 is 33.7 Å². The number of aromatic nitrogens is 4. The Bertz CT molecular complexity index is 1240. The lowest BCUT2D eigenvalue weighted by Crippen LogP contribution is -2.07. The molecule has 0 atom stereocenters. The molecule has 3 heterocycles. The van der Waals surface area contributed by atoms with E-state index in [1.807, 2.05) is 24.4 Å². The molecule has 0 saturated carbocycles. The van der Waals surface area contributed by atoms with Crippen molar-refractivity contribution in [3.63, 3.8) is 0 Å². The first kappa shape index (κ1) is 22.3. The molecule has 0 bridgehead atoms. The minimum atomic E-state index is -0.195. The highest BCUT2D eigenvalue weighted by molar-refractivity contribution is 6.00. The maximum atomic E-state index is 12.5. The Morgan fingerprint density at radius 1 is 1.06 bits per heavy atom.